The number of benzene rings is 8. The van der Waals surface area contributed by atoms with E-state index in [-0.39, 0.29) is 51.3 Å². The van der Waals surface area contributed by atoms with Gasteiger partial charge in [0.05, 0.1) is 88.8 Å². The fraction of sp³-hybridized carbons (Fsp3) is 0.371. The molecule has 0 aliphatic heterocycles. The Kier molecular flexibility index (Phi) is 37.3. The quantitative estimate of drug-likeness (QED) is 0.0246. The van der Waals surface area contributed by atoms with Gasteiger partial charge in [-0.2, -0.15) is 4.73 Å². The smallest absolute Gasteiger partial charge is 0.354 e. The number of aliphatic hydroxyl groups is 1. The maximum atomic E-state index is 13.1. The zero-order valence-electron chi connectivity index (χ0n) is 79.2. The number of rotatable bonds is 24. The van der Waals surface area contributed by atoms with E-state index in [0.29, 0.717) is 70.2 Å². The number of halogens is 4. The Morgan fingerprint density at radius 2 is 0.641 bits per heavy atom. The Morgan fingerprint density at radius 1 is 0.374 bits per heavy atom. The Bertz CT molecular complexity index is 6060. The first-order chi connectivity index (χ1) is 61.6. The van der Waals surface area contributed by atoms with Gasteiger partial charge in [0.1, 0.15) is 12.3 Å². The topological polar surface area (TPSA) is 292 Å². The molecule has 696 valence electrons. The van der Waals surface area contributed by atoms with Crippen molar-refractivity contribution in [2.75, 3.05) is 26.4 Å². The molecule has 2 N–H and O–H groups in total. The van der Waals surface area contributed by atoms with Crippen molar-refractivity contribution in [2.24, 2.45) is 0 Å². The van der Waals surface area contributed by atoms with E-state index in [1.165, 1.54) is 19.4 Å². The van der Waals surface area contributed by atoms with Gasteiger partial charge in [-0.05, 0) is 297 Å². The van der Waals surface area contributed by atoms with Crippen LogP contribution in [-0.2, 0) is 79.8 Å². The van der Waals surface area contributed by atoms with Gasteiger partial charge in [-0.25, -0.2) is 33.9 Å². The number of aromatic carboxylic acids is 1. The molecule has 4 heterocycles. The number of hydrogen-bond acceptors (Lipinski definition) is 20. The number of pyridine rings is 4. The minimum Gasteiger partial charge on any atom is -0.618 e. The van der Waals surface area contributed by atoms with Crippen molar-refractivity contribution in [3.05, 3.63) is 262 Å². The van der Waals surface area contributed by atoms with Crippen molar-refractivity contribution in [3.8, 4) is 44.5 Å². The van der Waals surface area contributed by atoms with Crippen LogP contribution in [0.25, 0.3) is 88.1 Å². The number of aliphatic hydroxyl groups excluding tert-OH is 1. The number of carbonyl (C=O) groups excluding carboxylic acids is 5. The van der Waals surface area contributed by atoms with Crippen LogP contribution in [0.4, 0.5) is 0 Å². The SMILES string of the molecule is CCC.CCOC(=O)[C@@H](OC(C)(C)C)c1c(C)cc2c(ccc(C)[n+]2[O-])c1-c1ccc(Cl)cc1.CCOC(=O)[C@@H](OC(C)(C)C)c1c(C)cc2nc(C(=O)O)ccc2c1-c1ccc(Cl)cc1.CCOC(=O)[C@@H](OC(C)(C)C)c1c(C)cc2nc(CO)ccc2c1-c1ccc(Cl)cc1.CCOC(=O)[C@@H](OC(C)(C)C)c1c(C)cc2nc(COC(C)=O)ccc2c1-c1ccc(Cl)cc1. The van der Waals surface area contributed by atoms with E-state index in [4.69, 9.17) is 94.0 Å². The lowest BCUT2D eigenvalue weighted by molar-refractivity contribution is -0.584. The molecule has 0 unspecified atom stereocenters. The number of ether oxygens (including phenoxy) is 9. The highest BCUT2D eigenvalue weighted by molar-refractivity contribution is 6.31. The highest BCUT2D eigenvalue weighted by Gasteiger charge is 2.39. The van der Waals surface area contributed by atoms with E-state index in [9.17, 15) is 44.2 Å². The molecule has 131 heavy (non-hydrogen) atoms. The summed E-state index contributed by atoms with van der Waals surface area (Å²) in [6.07, 6.45) is -2.52. The van der Waals surface area contributed by atoms with Crippen molar-refractivity contribution in [1.82, 2.24) is 15.0 Å². The van der Waals surface area contributed by atoms with Crippen molar-refractivity contribution in [1.29, 1.82) is 0 Å². The molecule has 0 saturated carbocycles. The number of nitrogens with zero attached hydrogens (tertiary/aromatic N) is 4. The maximum absolute atomic E-state index is 13.1. The van der Waals surface area contributed by atoms with Gasteiger partial charge in [-0.1, -0.05) is 127 Å². The summed E-state index contributed by atoms with van der Waals surface area (Å²) in [5, 5.41) is 37.3. The number of aromatic nitrogens is 4. The predicted octanol–water partition coefficient (Wildman–Crippen LogP) is 25.3. The molecular weight excluding hydrogens is 1750 g/mol. The zero-order chi connectivity index (χ0) is 97.1. The predicted molar refractivity (Wildman–Crippen MR) is 519 cm³/mol. The fourth-order valence-corrected chi connectivity index (χ4v) is 15.2. The van der Waals surface area contributed by atoms with Crippen LogP contribution in [0.1, 0.15) is 234 Å². The van der Waals surface area contributed by atoms with Gasteiger partial charge in [-0.3, -0.25) is 9.78 Å². The highest BCUT2D eigenvalue weighted by Crippen LogP contribution is 2.47. The van der Waals surface area contributed by atoms with E-state index < -0.39 is 76.7 Å². The highest BCUT2D eigenvalue weighted by atomic mass is 35.5. The summed E-state index contributed by atoms with van der Waals surface area (Å²) in [6.45, 7) is 45.7. The average Bonchev–Trinajstić information content (AvgIpc) is 0.759. The third-order valence-electron chi connectivity index (χ3n) is 19.7. The number of aryl methyl sites for hydroxylation is 5. The summed E-state index contributed by atoms with van der Waals surface area (Å²) in [4.78, 5) is 88.5. The van der Waals surface area contributed by atoms with Gasteiger partial charge in [-0.15, -0.1) is 0 Å². The molecule has 0 aliphatic rings. The summed E-state index contributed by atoms with van der Waals surface area (Å²) >= 11 is 24.5. The summed E-state index contributed by atoms with van der Waals surface area (Å²) in [7, 11) is 0. The number of esters is 5. The van der Waals surface area contributed by atoms with E-state index in [0.717, 1.165) is 104 Å². The van der Waals surface area contributed by atoms with Crippen LogP contribution in [0.2, 0.25) is 20.1 Å². The van der Waals surface area contributed by atoms with E-state index >= 15 is 0 Å². The number of carboxylic acid groups (broad SMARTS) is 1. The molecule has 4 aromatic heterocycles. The third-order valence-corrected chi connectivity index (χ3v) is 20.7. The van der Waals surface area contributed by atoms with Crippen molar-refractivity contribution >= 4 is 126 Å². The monoisotopic (exact) mass is 1860 g/mol. The van der Waals surface area contributed by atoms with Gasteiger partial charge in [0.15, 0.2) is 30.1 Å². The second kappa shape index (κ2) is 46.4. The lowest BCUT2D eigenvalue weighted by atomic mass is 9.88. The number of carboxylic acids is 1. The maximum Gasteiger partial charge on any atom is 0.354 e. The molecule has 0 fully saturated rings. The first kappa shape index (κ1) is 105. The second-order valence-electron chi connectivity index (χ2n) is 35.1. The first-order valence-corrected chi connectivity index (χ1v) is 45.0. The van der Waals surface area contributed by atoms with Crippen molar-refractivity contribution in [2.45, 2.75) is 233 Å². The lowest BCUT2D eigenvalue weighted by Gasteiger charge is -2.29. The fourth-order valence-electron chi connectivity index (χ4n) is 14.7. The molecule has 26 heteroatoms. The number of carbonyl (C=O) groups is 6. The molecule has 0 aliphatic carbocycles. The van der Waals surface area contributed by atoms with Crippen molar-refractivity contribution < 1.29 is 86.3 Å². The Labute approximate surface area is 788 Å². The largest absolute Gasteiger partial charge is 0.618 e. The van der Waals surface area contributed by atoms with E-state index in [1.54, 1.807) is 95.3 Å². The van der Waals surface area contributed by atoms with Gasteiger partial charge in [0, 0.05) is 90.0 Å². The third kappa shape index (κ3) is 28.3. The molecule has 0 amide bonds. The summed E-state index contributed by atoms with van der Waals surface area (Å²) < 4.78 is 52.5. The Hall–Kier alpha value is -11.0. The van der Waals surface area contributed by atoms with Crippen LogP contribution >= 0.6 is 46.4 Å². The first-order valence-electron chi connectivity index (χ1n) is 43.5. The Morgan fingerprint density at radius 3 is 0.924 bits per heavy atom. The van der Waals surface area contributed by atoms with Gasteiger partial charge in [0.25, 0.3) is 0 Å². The molecule has 0 radical (unpaired) electrons. The number of fused-ring (bicyclic) bond motifs is 4. The van der Waals surface area contributed by atoms with Crippen LogP contribution in [0.15, 0.2) is 170 Å². The average molecular weight is 1870 g/mol. The minimum atomic E-state index is -1.11. The Balaban J connectivity index is 0.000000213. The molecule has 0 spiro atoms. The molecule has 4 atom stereocenters. The van der Waals surface area contributed by atoms with Gasteiger partial charge >= 0.3 is 35.8 Å². The molecule has 22 nitrogen and oxygen atoms in total. The van der Waals surface area contributed by atoms with Crippen LogP contribution in [-0.4, -0.2) is 110 Å². The summed E-state index contributed by atoms with van der Waals surface area (Å²) in [5.74, 6) is -3.31. The standard InChI is InChI=1S/C27H30ClNO5.C25H26ClNO5.2C25H28ClNO4.C3H8/c1-7-32-26(31)25(34-27(4,5)6)23-16(2)14-22-21(13-12-20(29-22)15-33-17(3)30)24(23)18-8-10-19(28)11-9-18;1-6-31-24(30)22(32-25(3,4)5)20-14(2)13-19-17(11-12-18(27-19)23(28)29)21(20)15-7-9-16(26)10-8-15;1-7-30-24(28)23(31-25(4,5)6)21-15(2)14-20-19(13-8-16(3)27(20)29)22(21)17-9-11-18(26)12-10-17;1-6-30-24(29)23(31-25(3,4)5)21-15(2)13-20-19(12-11-18(14-28)27-20)22(21)16-7-9-17(26)10-8-16;1-3-2/h8-14,25H,7,15H2,1-6H3;7-13,22H,6H2,1-5H3,(H,28,29);8-14,23H,7H2,1-6H3;7-13,23,28H,6,14H2,1-5H3;3H2,1-2H3/t25-;22-;2*23-;/m0000./s1. The zero-order valence-corrected chi connectivity index (χ0v) is 82.2. The van der Waals surface area contributed by atoms with Crippen LogP contribution in [0, 0.1) is 39.8 Å². The van der Waals surface area contributed by atoms with Crippen LogP contribution < -0.4 is 4.73 Å². The minimum absolute atomic E-state index is 0.0559. The summed E-state index contributed by atoms with van der Waals surface area (Å²) in [6, 6.07) is 51.2. The normalized spacial score (nSPS) is 12.5. The second-order valence-corrected chi connectivity index (χ2v) is 36.8. The number of hydrogen-bond donors (Lipinski definition) is 2. The van der Waals surface area contributed by atoms with Crippen LogP contribution in [0.3, 0.4) is 0 Å². The van der Waals surface area contributed by atoms with E-state index in [1.807, 2.05) is 214 Å². The van der Waals surface area contributed by atoms with Gasteiger partial charge in [0.2, 0.25) is 5.52 Å². The molecule has 8 aromatic carbocycles. The van der Waals surface area contributed by atoms with Gasteiger partial charge < -0.3 is 58.1 Å². The molecular formula is C105H120Cl4N4O18. The van der Waals surface area contributed by atoms with Crippen LogP contribution in [0.5, 0.6) is 0 Å². The molecule has 0 saturated heterocycles. The summed E-state index contributed by atoms with van der Waals surface area (Å²) in [5.41, 5.74) is 14.4. The lowest BCUT2D eigenvalue weighted by Crippen LogP contribution is -2.32. The molecule has 12 rings (SSSR count). The van der Waals surface area contributed by atoms with Crippen molar-refractivity contribution in [3.63, 3.8) is 0 Å². The molecule has 0 bridgehead atoms. The van der Waals surface area contributed by atoms with E-state index in [2.05, 4.69) is 23.8 Å². The molecule has 12 aromatic rings.